The van der Waals surface area contributed by atoms with E-state index in [1.54, 1.807) is 6.07 Å². The molecule has 32 heavy (non-hydrogen) atoms. The molecule has 164 valence electrons. The molecule has 2 N–H and O–H groups in total. The smallest absolute Gasteiger partial charge is 0.200 e. The molecule has 5 aliphatic rings. The first kappa shape index (κ1) is 18.9. The molecule has 5 nitrogen and oxygen atoms in total. The van der Waals surface area contributed by atoms with Crippen LogP contribution in [0, 0.1) is 5.92 Å². The zero-order chi connectivity index (χ0) is 21.7. The summed E-state index contributed by atoms with van der Waals surface area (Å²) in [5.74, 6) is 1.14. The van der Waals surface area contributed by atoms with Crippen LogP contribution in [0.3, 0.4) is 0 Å². The van der Waals surface area contributed by atoms with Gasteiger partial charge in [-0.15, -0.1) is 0 Å². The topological polar surface area (TPSA) is 70.0 Å². The number of benzene rings is 2. The number of rotatable bonds is 3. The molecule has 0 unspecified atom stereocenters. The molecule has 0 amide bonds. The second-order valence-corrected chi connectivity index (χ2v) is 10.4. The molecule has 0 aromatic heterocycles. The standard InChI is InChI=1S/C27H27NO4/c29-20-9-8-18-13-21-27(31)14-19(12-16-4-2-1-3-5-16)23(30)25-26(27,22(18)24(20)32-25)10-11-28(21)15-17-6-7-17/h1-5,8-9,12,17,21,25,29,31H,6-7,10-11,13-15H2/b19-12+/t21-,25+,26-,27+/m1/s1. The predicted octanol–water partition coefficient (Wildman–Crippen LogP) is 3.22. The Morgan fingerprint density at radius 1 is 1.16 bits per heavy atom. The quantitative estimate of drug-likeness (QED) is 0.734. The van der Waals surface area contributed by atoms with Crippen LogP contribution in [0.2, 0.25) is 0 Å². The number of carbonyl (C=O) groups is 1. The lowest BCUT2D eigenvalue weighted by molar-refractivity contribution is -0.179. The first-order valence-corrected chi connectivity index (χ1v) is 11.8. The highest BCUT2D eigenvalue weighted by atomic mass is 16.5. The summed E-state index contributed by atoms with van der Waals surface area (Å²) in [6.45, 7) is 1.86. The summed E-state index contributed by atoms with van der Waals surface area (Å²) in [5.41, 5.74) is 1.67. The maximum atomic E-state index is 13.8. The fraction of sp³-hybridized carbons (Fsp3) is 0.444. The predicted molar refractivity (Wildman–Crippen MR) is 120 cm³/mol. The van der Waals surface area contributed by atoms with Gasteiger partial charge < -0.3 is 14.9 Å². The number of carbonyl (C=O) groups excluding carboxylic acids is 1. The number of aliphatic hydroxyl groups is 1. The Morgan fingerprint density at radius 3 is 2.75 bits per heavy atom. The molecule has 2 aromatic rings. The molecule has 4 atom stereocenters. The van der Waals surface area contributed by atoms with Crippen LogP contribution in [0.4, 0.5) is 0 Å². The van der Waals surface area contributed by atoms with Crippen molar-refractivity contribution in [3.63, 3.8) is 0 Å². The summed E-state index contributed by atoms with van der Waals surface area (Å²) < 4.78 is 6.26. The van der Waals surface area contributed by atoms with Crippen molar-refractivity contribution < 1.29 is 19.7 Å². The third-order valence-electron chi connectivity index (χ3n) is 8.67. The molecule has 3 fully saturated rings. The van der Waals surface area contributed by atoms with E-state index in [0.29, 0.717) is 24.2 Å². The fourth-order valence-electron chi connectivity index (χ4n) is 7.06. The number of hydrogen-bond donors (Lipinski definition) is 2. The Balaban J connectivity index is 1.42. The van der Waals surface area contributed by atoms with E-state index >= 15 is 0 Å². The van der Waals surface area contributed by atoms with Gasteiger partial charge in [0.25, 0.3) is 0 Å². The minimum absolute atomic E-state index is 0.0572. The van der Waals surface area contributed by atoms with Crippen molar-refractivity contribution in [2.45, 2.75) is 55.3 Å². The van der Waals surface area contributed by atoms with Crippen LogP contribution >= 0.6 is 0 Å². The molecule has 2 saturated carbocycles. The molecule has 1 saturated heterocycles. The highest BCUT2D eigenvalue weighted by Gasteiger charge is 2.74. The summed E-state index contributed by atoms with van der Waals surface area (Å²) in [7, 11) is 0. The van der Waals surface area contributed by atoms with Crippen LogP contribution in [-0.4, -0.2) is 51.7 Å². The number of phenolic OH excluding ortho intramolecular Hbond substituents is 1. The van der Waals surface area contributed by atoms with E-state index < -0.39 is 17.1 Å². The zero-order valence-electron chi connectivity index (χ0n) is 18.0. The summed E-state index contributed by atoms with van der Waals surface area (Å²) in [6.07, 6.45) is 5.37. The average Bonchev–Trinajstić information content (AvgIpc) is 3.52. The summed E-state index contributed by atoms with van der Waals surface area (Å²) >= 11 is 0. The lowest BCUT2D eigenvalue weighted by Crippen LogP contribution is -2.77. The van der Waals surface area contributed by atoms with E-state index in [9.17, 15) is 15.0 Å². The Bertz CT molecular complexity index is 1170. The van der Waals surface area contributed by atoms with E-state index in [1.165, 1.54) is 12.8 Å². The Kier molecular flexibility index (Phi) is 3.68. The Morgan fingerprint density at radius 2 is 1.97 bits per heavy atom. The number of phenols is 1. The summed E-state index contributed by atoms with van der Waals surface area (Å²) in [4.78, 5) is 16.3. The van der Waals surface area contributed by atoms with Crippen molar-refractivity contribution >= 4 is 11.9 Å². The van der Waals surface area contributed by atoms with Gasteiger partial charge in [0, 0.05) is 30.1 Å². The number of likely N-dealkylation sites (tertiary alicyclic amines) is 1. The molecule has 7 rings (SSSR count). The minimum atomic E-state index is -1.11. The van der Waals surface area contributed by atoms with Gasteiger partial charge in [-0.05, 0) is 61.4 Å². The summed E-state index contributed by atoms with van der Waals surface area (Å²) in [6, 6.07) is 13.4. The van der Waals surface area contributed by atoms with Crippen molar-refractivity contribution in [3.05, 3.63) is 64.7 Å². The lowest BCUT2D eigenvalue weighted by Gasteiger charge is -2.62. The molecule has 0 radical (unpaired) electrons. The molecule has 2 aromatic carbocycles. The van der Waals surface area contributed by atoms with E-state index in [4.69, 9.17) is 4.74 Å². The molecule has 2 bridgehead atoms. The number of ether oxygens (including phenoxy) is 1. The van der Waals surface area contributed by atoms with Gasteiger partial charge in [0.1, 0.15) is 0 Å². The number of hydrogen-bond acceptors (Lipinski definition) is 5. The third kappa shape index (κ3) is 2.28. The van der Waals surface area contributed by atoms with Crippen molar-refractivity contribution in [3.8, 4) is 11.5 Å². The second kappa shape index (κ2) is 6.24. The summed E-state index contributed by atoms with van der Waals surface area (Å²) in [5, 5.41) is 23.2. The molecular weight excluding hydrogens is 402 g/mol. The van der Waals surface area contributed by atoms with Crippen LogP contribution in [0.15, 0.2) is 48.0 Å². The van der Waals surface area contributed by atoms with E-state index in [2.05, 4.69) is 4.90 Å². The Hall–Kier alpha value is -2.63. The molecular formula is C27H27NO4. The average molecular weight is 430 g/mol. The number of ketones is 1. The van der Waals surface area contributed by atoms with Crippen LogP contribution in [-0.2, 0) is 16.6 Å². The zero-order valence-corrected chi connectivity index (χ0v) is 18.0. The van der Waals surface area contributed by atoms with Crippen LogP contribution < -0.4 is 4.74 Å². The van der Waals surface area contributed by atoms with E-state index in [1.807, 2.05) is 42.5 Å². The minimum Gasteiger partial charge on any atom is -0.504 e. The van der Waals surface area contributed by atoms with Crippen LogP contribution in [0.5, 0.6) is 11.5 Å². The third-order valence-corrected chi connectivity index (χ3v) is 8.67. The number of Topliss-reactive ketones (excluding diaryl/α,β-unsaturated/α-hetero) is 1. The normalized spacial score (nSPS) is 36.2. The lowest BCUT2D eigenvalue weighted by atomic mass is 9.48. The van der Waals surface area contributed by atoms with Crippen molar-refractivity contribution in [1.29, 1.82) is 0 Å². The van der Waals surface area contributed by atoms with Crippen LogP contribution in [0.1, 0.15) is 42.4 Å². The first-order valence-electron chi connectivity index (χ1n) is 11.8. The van der Waals surface area contributed by atoms with Gasteiger partial charge in [0.2, 0.25) is 0 Å². The van der Waals surface area contributed by atoms with Gasteiger partial charge in [-0.2, -0.15) is 0 Å². The highest BCUT2D eigenvalue weighted by molar-refractivity contribution is 6.06. The van der Waals surface area contributed by atoms with Gasteiger partial charge in [-0.25, -0.2) is 0 Å². The molecule has 1 spiro atoms. The van der Waals surface area contributed by atoms with Gasteiger partial charge in [-0.3, -0.25) is 9.69 Å². The number of nitrogens with zero attached hydrogens (tertiary/aromatic N) is 1. The molecule has 2 heterocycles. The van der Waals surface area contributed by atoms with Crippen molar-refractivity contribution in [1.82, 2.24) is 4.90 Å². The van der Waals surface area contributed by atoms with E-state index in [0.717, 1.165) is 42.1 Å². The fourth-order valence-corrected chi connectivity index (χ4v) is 7.06. The maximum Gasteiger partial charge on any atom is 0.200 e. The van der Waals surface area contributed by atoms with Gasteiger partial charge >= 0.3 is 0 Å². The molecule has 3 aliphatic carbocycles. The Labute approximate surface area is 187 Å². The van der Waals surface area contributed by atoms with Gasteiger partial charge in [0.05, 0.1) is 11.0 Å². The van der Waals surface area contributed by atoms with Crippen molar-refractivity contribution in [2.75, 3.05) is 13.1 Å². The van der Waals surface area contributed by atoms with Crippen LogP contribution in [0.25, 0.3) is 6.08 Å². The maximum absolute atomic E-state index is 13.8. The van der Waals surface area contributed by atoms with E-state index in [-0.39, 0.29) is 17.6 Å². The van der Waals surface area contributed by atoms with Crippen molar-refractivity contribution in [2.24, 2.45) is 5.92 Å². The SMILES string of the molecule is O=C1/C(=C/c2ccccc2)C[C@]2(O)[C@H]3Cc4ccc(O)c5c4[C@]2(CCN3CC2CC2)[C@H]1O5. The first-order chi connectivity index (χ1) is 15.5. The number of aromatic hydroxyl groups is 1. The molecule has 2 aliphatic heterocycles. The monoisotopic (exact) mass is 429 g/mol. The molecule has 5 heteroatoms. The second-order valence-electron chi connectivity index (χ2n) is 10.4. The largest absolute Gasteiger partial charge is 0.504 e. The van der Waals surface area contributed by atoms with Gasteiger partial charge in [-0.1, -0.05) is 36.4 Å². The number of piperidine rings is 1. The van der Waals surface area contributed by atoms with Gasteiger partial charge in [0.15, 0.2) is 23.4 Å². The highest BCUT2D eigenvalue weighted by Crippen LogP contribution is 2.65.